The quantitative estimate of drug-likeness (QED) is 0.428. The first-order valence-electron chi connectivity index (χ1n) is 5.61. The third kappa shape index (κ3) is 2.05. The van der Waals surface area contributed by atoms with Crippen LogP contribution in [-0.2, 0) is 0 Å². The lowest BCUT2D eigenvalue weighted by Gasteiger charge is -2.23. The van der Waals surface area contributed by atoms with Crippen molar-refractivity contribution in [2.24, 2.45) is 0 Å². The molecule has 18 heavy (non-hydrogen) atoms. The van der Waals surface area contributed by atoms with E-state index in [9.17, 15) is 5.21 Å². The fourth-order valence-corrected chi connectivity index (χ4v) is 2.00. The Kier molecular flexibility index (Phi) is 3.54. The summed E-state index contributed by atoms with van der Waals surface area (Å²) in [6, 6.07) is 3.44. The Balaban J connectivity index is 2.52. The van der Waals surface area contributed by atoms with Gasteiger partial charge in [0.2, 0.25) is 0 Å². The van der Waals surface area contributed by atoms with E-state index < -0.39 is 0 Å². The van der Waals surface area contributed by atoms with Gasteiger partial charge in [0.1, 0.15) is 5.52 Å². The predicted octanol–water partition coefficient (Wildman–Crippen LogP) is -0.353. The number of nitrogen functional groups attached to an aromatic ring is 1. The molecule has 0 saturated carbocycles. The van der Waals surface area contributed by atoms with Crippen LogP contribution in [0.4, 0.5) is 11.4 Å². The number of nitrogens with zero attached hydrogens (tertiary/aromatic N) is 3. The summed E-state index contributed by atoms with van der Waals surface area (Å²) in [5.41, 5.74) is 7.39. The molecule has 0 aliphatic carbocycles. The third-order valence-electron chi connectivity index (χ3n) is 2.80. The average Bonchev–Trinajstić information content (AvgIpc) is 2.73. The largest absolute Gasteiger partial charge is 0.411 e. The van der Waals surface area contributed by atoms with Gasteiger partial charge in [0, 0.05) is 24.2 Å². The van der Waals surface area contributed by atoms with Crippen molar-refractivity contribution in [2.75, 3.05) is 36.9 Å². The number of aliphatic hydroxyl groups excluding tert-OH is 2. The maximum Gasteiger partial charge on any atom is 0.135 e. The Labute approximate surface area is 104 Å². The van der Waals surface area contributed by atoms with Crippen LogP contribution < -0.4 is 10.6 Å². The van der Waals surface area contributed by atoms with Crippen molar-refractivity contribution in [3.8, 4) is 0 Å². The summed E-state index contributed by atoms with van der Waals surface area (Å²) in [7, 11) is 0. The molecular formula is C11H16N4O3. The molecule has 0 spiro atoms. The fraction of sp³-hybridized carbons (Fsp3) is 0.364. The van der Waals surface area contributed by atoms with Gasteiger partial charge in [0.05, 0.1) is 25.1 Å². The van der Waals surface area contributed by atoms with E-state index in [4.69, 9.17) is 15.9 Å². The topological polar surface area (TPSA) is 108 Å². The minimum absolute atomic E-state index is 0.0286. The third-order valence-corrected chi connectivity index (χ3v) is 2.80. The average molecular weight is 252 g/mol. The van der Waals surface area contributed by atoms with Gasteiger partial charge in [-0.15, -0.1) is 5.10 Å². The number of hydrogen-bond donors (Lipinski definition) is 4. The number of aromatic nitrogens is 2. The summed E-state index contributed by atoms with van der Waals surface area (Å²) in [5, 5.41) is 32.1. The molecular weight excluding hydrogens is 236 g/mol. The number of fused-ring (bicyclic) bond motifs is 1. The highest BCUT2D eigenvalue weighted by Crippen LogP contribution is 2.30. The second kappa shape index (κ2) is 5.11. The summed E-state index contributed by atoms with van der Waals surface area (Å²) in [6.07, 6.45) is 1.50. The molecule has 5 N–H and O–H groups in total. The molecule has 0 saturated heterocycles. The van der Waals surface area contributed by atoms with Crippen molar-refractivity contribution >= 4 is 22.3 Å². The van der Waals surface area contributed by atoms with Gasteiger partial charge in [-0.05, 0) is 12.1 Å². The molecule has 2 rings (SSSR count). The predicted molar refractivity (Wildman–Crippen MR) is 67.7 cm³/mol. The highest BCUT2D eigenvalue weighted by molar-refractivity contribution is 5.98. The first kappa shape index (κ1) is 12.5. The summed E-state index contributed by atoms with van der Waals surface area (Å²) >= 11 is 0. The molecule has 0 bridgehead atoms. The van der Waals surface area contributed by atoms with Crippen LogP contribution in [-0.4, -0.2) is 51.7 Å². The number of nitrogens with two attached hydrogens (primary N) is 1. The van der Waals surface area contributed by atoms with Crippen molar-refractivity contribution in [1.82, 2.24) is 9.94 Å². The van der Waals surface area contributed by atoms with Crippen molar-refractivity contribution in [2.45, 2.75) is 0 Å². The zero-order chi connectivity index (χ0) is 13.1. The minimum atomic E-state index is -0.0286. The van der Waals surface area contributed by atoms with Gasteiger partial charge in [0.15, 0.2) is 0 Å². The van der Waals surface area contributed by atoms with E-state index in [2.05, 4.69) is 5.10 Å². The summed E-state index contributed by atoms with van der Waals surface area (Å²) in [5.74, 6) is 0. The lowest BCUT2D eigenvalue weighted by molar-refractivity contribution is 0.161. The Bertz CT molecular complexity index is 534. The van der Waals surface area contributed by atoms with Crippen LogP contribution in [0, 0.1) is 0 Å². The van der Waals surface area contributed by atoms with Gasteiger partial charge in [0.25, 0.3) is 0 Å². The summed E-state index contributed by atoms with van der Waals surface area (Å²) < 4.78 is 0. The monoisotopic (exact) mass is 252 g/mol. The number of anilines is 2. The standard InChI is InChI=1S/C11H16N4O3/c12-9-1-2-10(14(3-5-16)4-6-17)8-7-13-15(18)11(8)9/h1-2,7,16-18H,3-6,12H2. The molecule has 0 fully saturated rings. The second-order valence-electron chi connectivity index (χ2n) is 3.90. The normalized spacial score (nSPS) is 11.0. The molecule has 0 unspecified atom stereocenters. The van der Waals surface area contributed by atoms with Gasteiger partial charge >= 0.3 is 0 Å². The van der Waals surface area contributed by atoms with Crippen molar-refractivity contribution in [3.05, 3.63) is 18.3 Å². The lowest BCUT2D eigenvalue weighted by Crippen LogP contribution is -2.29. The van der Waals surface area contributed by atoms with E-state index >= 15 is 0 Å². The smallest absolute Gasteiger partial charge is 0.135 e. The minimum Gasteiger partial charge on any atom is -0.411 e. The van der Waals surface area contributed by atoms with Crippen LogP contribution in [0.5, 0.6) is 0 Å². The Morgan fingerprint density at radius 1 is 1.22 bits per heavy atom. The molecule has 1 aromatic heterocycles. The van der Waals surface area contributed by atoms with E-state index in [1.807, 2.05) is 4.90 Å². The molecule has 0 aliphatic rings. The molecule has 0 radical (unpaired) electrons. The van der Waals surface area contributed by atoms with E-state index in [0.29, 0.717) is 29.7 Å². The van der Waals surface area contributed by atoms with Crippen LogP contribution in [0.2, 0.25) is 0 Å². The van der Waals surface area contributed by atoms with Crippen LogP contribution in [0.25, 0.3) is 10.9 Å². The first-order valence-corrected chi connectivity index (χ1v) is 5.61. The van der Waals surface area contributed by atoms with Crippen molar-refractivity contribution in [1.29, 1.82) is 0 Å². The highest BCUT2D eigenvalue weighted by Gasteiger charge is 2.14. The van der Waals surface area contributed by atoms with E-state index in [-0.39, 0.29) is 13.2 Å². The van der Waals surface area contributed by atoms with Crippen LogP contribution in [0.15, 0.2) is 18.3 Å². The van der Waals surface area contributed by atoms with Crippen molar-refractivity contribution < 1.29 is 15.4 Å². The van der Waals surface area contributed by atoms with Gasteiger partial charge < -0.3 is 26.1 Å². The van der Waals surface area contributed by atoms with Gasteiger partial charge in [-0.3, -0.25) is 0 Å². The highest BCUT2D eigenvalue weighted by atomic mass is 16.5. The Hall–Kier alpha value is -1.99. The molecule has 7 heteroatoms. The van der Waals surface area contributed by atoms with Gasteiger partial charge in [-0.2, -0.15) is 0 Å². The van der Waals surface area contributed by atoms with Crippen LogP contribution in [0.1, 0.15) is 0 Å². The Morgan fingerprint density at radius 2 is 1.89 bits per heavy atom. The lowest BCUT2D eigenvalue weighted by atomic mass is 10.1. The summed E-state index contributed by atoms with van der Waals surface area (Å²) in [4.78, 5) is 2.54. The zero-order valence-corrected chi connectivity index (χ0v) is 9.82. The number of benzene rings is 1. The van der Waals surface area contributed by atoms with Crippen LogP contribution >= 0.6 is 0 Å². The molecule has 7 nitrogen and oxygen atoms in total. The van der Waals surface area contributed by atoms with Crippen molar-refractivity contribution in [3.63, 3.8) is 0 Å². The molecule has 0 aliphatic heterocycles. The van der Waals surface area contributed by atoms with E-state index in [1.165, 1.54) is 6.20 Å². The van der Waals surface area contributed by atoms with E-state index in [1.54, 1.807) is 12.1 Å². The first-order chi connectivity index (χ1) is 8.69. The molecule has 98 valence electrons. The fourth-order valence-electron chi connectivity index (χ4n) is 2.00. The maximum atomic E-state index is 9.57. The molecule has 0 amide bonds. The number of rotatable bonds is 5. The van der Waals surface area contributed by atoms with Gasteiger partial charge in [-0.1, -0.05) is 4.85 Å². The maximum absolute atomic E-state index is 9.57. The molecule has 1 aromatic carbocycles. The zero-order valence-electron chi connectivity index (χ0n) is 9.82. The second-order valence-corrected chi connectivity index (χ2v) is 3.90. The number of hydrogen-bond acceptors (Lipinski definition) is 6. The molecule has 2 aromatic rings. The molecule has 1 heterocycles. The van der Waals surface area contributed by atoms with Crippen LogP contribution in [0.3, 0.4) is 0 Å². The molecule has 0 atom stereocenters. The van der Waals surface area contributed by atoms with Gasteiger partial charge in [-0.25, -0.2) is 0 Å². The van der Waals surface area contributed by atoms with E-state index in [0.717, 1.165) is 10.5 Å². The Morgan fingerprint density at radius 3 is 2.50 bits per heavy atom. The summed E-state index contributed by atoms with van der Waals surface area (Å²) in [6.45, 7) is 0.713. The number of aliphatic hydroxyl groups is 2. The SMILES string of the molecule is Nc1ccc(N(CCO)CCO)c2cnn(O)c12.